The van der Waals surface area contributed by atoms with Crippen LogP contribution in [0.3, 0.4) is 0 Å². The molecule has 2 fully saturated rings. The molecular formula is C28H39N3O2S. The Bertz CT molecular complexity index is 1040. The molecule has 5 nitrogen and oxygen atoms in total. The third-order valence-corrected chi connectivity index (χ3v) is 8.70. The average Bonchev–Trinajstić information content (AvgIpc) is 3.50. The van der Waals surface area contributed by atoms with E-state index in [2.05, 4.69) is 43.6 Å². The SMILES string of the molecule is Cc1ccc(C)c(-c2csc([C@@H]3CCCN3C(=O)[C@@H](NC(=O)C(C)C)C3CCCCC3)n2)c1C. The number of carbonyl (C=O) groups excluding carboxylic acids is 2. The molecule has 34 heavy (non-hydrogen) atoms. The number of nitrogens with one attached hydrogen (secondary N) is 1. The van der Waals surface area contributed by atoms with Crippen molar-refractivity contribution < 1.29 is 9.59 Å². The lowest BCUT2D eigenvalue weighted by atomic mass is 9.83. The first-order valence-electron chi connectivity index (χ1n) is 12.9. The fourth-order valence-corrected chi connectivity index (χ4v) is 6.49. The Labute approximate surface area is 208 Å². The summed E-state index contributed by atoms with van der Waals surface area (Å²) in [6.07, 6.45) is 7.44. The van der Waals surface area contributed by atoms with Crippen molar-refractivity contribution in [1.82, 2.24) is 15.2 Å². The van der Waals surface area contributed by atoms with Crippen LogP contribution in [0, 0.1) is 32.6 Å². The van der Waals surface area contributed by atoms with Gasteiger partial charge in [-0.2, -0.15) is 0 Å². The Morgan fingerprint density at radius 2 is 1.74 bits per heavy atom. The molecule has 1 aromatic carbocycles. The van der Waals surface area contributed by atoms with Gasteiger partial charge in [0.1, 0.15) is 11.0 Å². The lowest BCUT2D eigenvalue weighted by Gasteiger charge is -2.35. The summed E-state index contributed by atoms with van der Waals surface area (Å²) < 4.78 is 0. The zero-order chi connectivity index (χ0) is 24.4. The number of rotatable bonds is 6. The summed E-state index contributed by atoms with van der Waals surface area (Å²) in [7, 11) is 0. The number of carbonyl (C=O) groups is 2. The van der Waals surface area contributed by atoms with Gasteiger partial charge in [-0.05, 0) is 69.1 Å². The third kappa shape index (κ3) is 5.07. The van der Waals surface area contributed by atoms with Gasteiger partial charge in [-0.15, -0.1) is 11.3 Å². The summed E-state index contributed by atoms with van der Waals surface area (Å²) in [4.78, 5) is 33.6. The highest BCUT2D eigenvalue weighted by atomic mass is 32.1. The molecule has 1 aliphatic carbocycles. The summed E-state index contributed by atoms with van der Waals surface area (Å²) in [5.74, 6) is 0.162. The Morgan fingerprint density at radius 1 is 1.03 bits per heavy atom. The molecule has 2 heterocycles. The van der Waals surface area contributed by atoms with Crippen molar-refractivity contribution in [3.05, 3.63) is 39.2 Å². The predicted molar refractivity (Wildman–Crippen MR) is 139 cm³/mol. The number of aromatic nitrogens is 1. The van der Waals surface area contributed by atoms with Crippen LogP contribution in [0.15, 0.2) is 17.5 Å². The van der Waals surface area contributed by atoms with E-state index in [0.29, 0.717) is 0 Å². The molecule has 1 saturated carbocycles. The Balaban J connectivity index is 1.59. The van der Waals surface area contributed by atoms with E-state index >= 15 is 0 Å². The fraction of sp³-hybridized carbons (Fsp3) is 0.607. The van der Waals surface area contributed by atoms with Crippen molar-refractivity contribution in [2.24, 2.45) is 11.8 Å². The van der Waals surface area contributed by atoms with E-state index in [4.69, 9.17) is 4.98 Å². The van der Waals surface area contributed by atoms with Gasteiger partial charge >= 0.3 is 0 Å². The van der Waals surface area contributed by atoms with Crippen LogP contribution in [0.2, 0.25) is 0 Å². The normalized spacial score (nSPS) is 20.1. The highest BCUT2D eigenvalue weighted by Gasteiger charge is 2.39. The number of amides is 2. The Morgan fingerprint density at radius 3 is 2.44 bits per heavy atom. The van der Waals surface area contributed by atoms with Crippen molar-refractivity contribution in [2.75, 3.05) is 6.54 Å². The van der Waals surface area contributed by atoms with Crippen LogP contribution in [0.4, 0.5) is 0 Å². The standard InChI is InChI=1S/C28H39N3O2S/c1-17(2)26(32)30-25(21-10-7-6-8-11-21)28(33)31-15-9-12-23(31)27-29-22(16-34-27)24-19(4)14-13-18(3)20(24)5/h13-14,16-17,21,23,25H,6-12,15H2,1-5H3,(H,30,32)/t23-,25-/m0/s1. The molecule has 1 N–H and O–H groups in total. The average molecular weight is 482 g/mol. The molecule has 0 radical (unpaired) electrons. The number of hydrogen-bond donors (Lipinski definition) is 1. The first-order chi connectivity index (χ1) is 16.3. The van der Waals surface area contributed by atoms with Crippen LogP contribution >= 0.6 is 11.3 Å². The zero-order valence-electron chi connectivity index (χ0n) is 21.3. The third-order valence-electron chi connectivity index (χ3n) is 7.75. The van der Waals surface area contributed by atoms with Crippen LogP contribution < -0.4 is 5.32 Å². The van der Waals surface area contributed by atoms with E-state index in [0.717, 1.165) is 55.8 Å². The fourth-order valence-electron chi connectivity index (χ4n) is 5.54. The van der Waals surface area contributed by atoms with Gasteiger partial charge < -0.3 is 10.2 Å². The summed E-state index contributed by atoms with van der Waals surface area (Å²) in [6, 6.07) is 3.90. The zero-order valence-corrected chi connectivity index (χ0v) is 22.1. The molecule has 2 atom stereocenters. The summed E-state index contributed by atoms with van der Waals surface area (Å²) in [5, 5.41) is 6.30. The highest BCUT2D eigenvalue weighted by molar-refractivity contribution is 7.10. The predicted octanol–water partition coefficient (Wildman–Crippen LogP) is 6.12. The van der Waals surface area contributed by atoms with Gasteiger partial charge in [-0.1, -0.05) is 45.2 Å². The van der Waals surface area contributed by atoms with E-state index in [1.165, 1.54) is 28.7 Å². The molecule has 0 spiro atoms. The minimum absolute atomic E-state index is 0.00119. The topological polar surface area (TPSA) is 62.3 Å². The molecule has 4 rings (SSSR count). The lowest BCUT2D eigenvalue weighted by Crippen LogP contribution is -2.53. The maximum atomic E-state index is 13.9. The van der Waals surface area contributed by atoms with Gasteiger partial charge in [0, 0.05) is 23.4 Å². The molecule has 184 valence electrons. The van der Waals surface area contributed by atoms with E-state index in [1.54, 1.807) is 11.3 Å². The van der Waals surface area contributed by atoms with Crippen molar-refractivity contribution in [3.8, 4) is 11.3 Å². The van der Waals surface area contributed by atoms with Crippen LogP contribution in [-0.2, 0) is 9.59 Å². The van der Waals surface area contributed by atoms with Crippen LogP contribution in [0.25, 0.3) is 11.3 Å². The molecular weight excluding hydrogens is 442 g/mol. The first kappa shape index (κ1) is 24.9. The van der Waals surface area contributed by atoms with Gasteiger partial charge in [0.15, 0.2) is 0 Å². The monoisotopic (exact) mass is 481 g/mol. The Kier molecular flexibility index (Phi) is 7.76. The maximum Gasteiger partial charge on any atom is 0.246 e. The molecule has 1 aromatic heterocycles. The number of benzene rings is 1. The van der Waals surface area contributed by atoms with Crippen molar-refractivity contribution >= 4 is 23.2 Å². The van der Waals surface area contributed by atoms with Gasteiger partial charge in [-0.3, -0.25) is 9.59 Å². The molecule has 1 saturated heterocycles. The molecule has 2 amide bonds. The number of nitrogens with zero attached hydrogens (tertiary/aromatic N) is 2. The van der Waals surface area contributed by atoms with Crippen molar-refractivity contribution in [2.45, 2.75) is 91.6 Å². The largest absolute Gasteiger partial charge is 0.344 e. The van der Waals surface area contributed by atoms with E-state index < -0.39 is 6.04 Å². The van der Waals surface area contributed by atoms with Crippen LogP contribution in [-0.4, -0.2) is 34.3 Å². The van der Waals surface area contributed by atoms with Crippen LogP contribution in [0.1, 0.15) is 86.5 Å². The van der Waals surface area contributed by atoms with Gasteiger partial charge in [0.2, 0.25) is 11.8 Å². The summed E-state index contributed by atoms with van der Waals surface area (Å²) >= 11 is 1.66. The Hall–Kier alpha value is -2.21. The number of hydrogen-bond acceptors (Lipinski definition) is 4. The quantitative estimate of drug-likeness (QED) is 0.541. The van der Waals surface area contributed by atoms with E-state index in [1.807, 2.05) is 18.7 Å². The first-order valence-corrected chi connectivity index (χ1v) is 13.8. The molecule has 6 heteroatoms. The van der Waals surface area contributed by atoms with E-state index in [-0.39, 0.29) is 29.7 Å². The van der Waals surface area contributed by atoms with Gasteiger partial charge in [0.25, 0.3) is 0 Å². The highest BCUT2D eigenvalue weighted by Crippen LogP contribution is 2.39. The molecule has 0 unspecified atom stereocenters. The van der Waals surface area contributed by atoms with Crippen molar-refractivity contribution in [1.29, 1.82) is 0 Å². The lowest BCUT2D eigenvalue weighted by molar-refractivity contribution is -0.140. The summed E-state index contributed by atoms with van der Waals surface area (Å²) in [6.45, 7) is 11.0. The minimum atomic E-state index is -0.420. The number of thiazole rings is 1. The second kappa shape index (κ2) is 10.6. The van der Waals surface area contributed by atoms with Crippen LogP contribution in [0.5, 0.6) is 0 Å². The molecule has 0 bridgehead atoms. The second-order valence-electron chi connectivity index (χ2n) is 10.5. The molecule has 2 aromatic rings. The van der Waals surface area contributed by atoms with Gasteiger partial charge in [0.05, 0.1) is 11.7 Å². The van der Waals surface area contributed by atoms with Crippen molar-refractivity contribution in [3.63, 3.8) is 0 Å². The number of aryl methyl sites for hydroxylation is 2. The summed E-state index contributed by atoms with van der Waals surface area (Å²) in [5.41, 5.74) is 5.99. The van der Waals surface area contributed by atoms with E-state index in [9.17, 15) is 9.59 Å². The molecule has 1 aliphatic heterocycles. The van der Waals surface area contributed by atoms with Gasteiger partial charge in [-0.25, -0.2) is 4.98 Å². The molecule has 2 aliphatic rings. The minimum Gasteiger partial charge on any atom is -0.344 e. The second-order valence-corrected chi connectivity index (χ2v) is 11.4. The number of likely N-dealkylation sites (tertiary alicyclic amines) is 1. The maximum absolute atomic E-state index is 13.9. The smallest absolute Gasteiger partial charge is 0.246 e.